The average Bonchev–Trinajstić information content (AvgIpc) is 2.89. The Morgan fingerprint density at radius 3 is 2.52 bits per heavy atom. The summed E-state index contributed by atoms with van der Waals surface area (Å²) in [5, 5.41) is 11.8. The molecule has 0 radical (unpaired) electrons. The van der Waals surface area contributed by atoms with E-state index in [1.54, 1.807) is 0 Å². The van der Waals surface area contributed by atoms with Gasteiger partial charge in [-0.2, -0.15) is 0 Å². The highest BCUT2D eigenvalue weighted by atomic mass is 16.5. The fraction of sp³-hybridized carbons (Fsp3) is 0.545. The number of amides is 3. The van der Waals surface area contributed by atoms with Crippen molar-refractivity contribution in [2.45, 2.75) is 19.6 Å². The van der Waals surface area contributed by atoms with Crippen LogP contribution in [0.3, 0.4) is 0 Å². The van der Waals surface area contributed by atoms with Crippen LogP contribution in [0.2, 0.25) is 0 Å². The molecule has 0 aliphatic carbocycles. The fourth-order valence-electron chi connectivity index (χ4n) is 1.54. The van der Waals surface area contributed by atoms with Crippen LogP contribution in [0.1, 0.15) is 29.1 Å². The first kappa shape index (κ1) is 16.6. The van der Waals surface area contributed by atoms with Crippen molar-refractivity contribution < 1.29 is 23.9 Å². The molecule has 21 heavy (non-hydrogen) atoms. The van der Waals surface area contributed by atoms with Crippen LogP contribution < -0.4 is 10.6 Å². The lowest BCUT2D eigenvalue weighted by molar-refractivity contribution is -0.123. The standard InChI is InChI=1S/C11H17N5O5/c1-6(9(17)13-11(19)12-2)16-7(5-20-3)8(14-15-16)10(18)21-4/h6H,5H2,1-4H3,(H2,12,13,17,19). The number of hydrogen-bond acceptors (Lipinski definition) is 7. The van der Waals surface area contributed by atoms with Gasteiger partial charge in [-0.25, -0.2) is 14.3 Å². The third-order valence-electron chi connectivity index (χ3n) is 2.66. The highest BCUT2D eigenvalue weighted by molar-refractivity contribution is 5.96. The Morgan fingerprint density at radius 2 is 2.00 bits per heavy atom. The molecule has 0 spiro atoms. The molecule has 0 aliphatic rings. The number of ether oxygens (including phenoxy) is 2. The summed E-state index contributed by atoms with van der Waals surface area (Å²) >= 11 is 0. The van der Waals surface area contributed by atoms with E-state index in [9.17, 15) is 14.4 Å². The van der Waals surface area contributed by atoms with E-state index in [-0.39, 0.29) is 18.0 Å². The first-order valence-electron chi connectivity index (χ1n) is 6.00. The zero-order chi connectivity index (χ0) is 16.0. The number of carbonyl (C=O) groups excluding carboxylic acids is 3. The van der Waals surface area contributed by atoms with Gasteiger partial charge in [0.05, 0.1) is 13.7 Å². The van der Waals surface area contributed by atoms with Gasteiger partial charge < -0.3 is 14.8 Å². The van der Waals surface area contributed by atoms with Crippen LogP contribution >= 0.6 is 0 Å². The normalized spacial score (nSPS) is 11.6. The maximum atomic E-state index is 11.9. The summed E-state index contributed by atoms with van der Waals surface area (Å²) in [5.74, 6) is -1.29. The minimum absolute atomic E-state index is 0.00896. The number of urea groups is 1. The zero-order valence-electron chi connectivity index (χ0n) is 12.2. The lowest BCUT2D eigenvalue weighted by Gasteiger charge is -2.14. The molecule has 0 aromatic carbocycles. The largest absolute Gasteiger partial charge is 0.464 e. The second kappa shape index (κ2) is 7.33. The van der Waals surface area contributed by atoms with Crippen molar-refractivity contribution in [3.05, 3.63) is 11.4 Å². The molecule has 10 heteroatoms. The SMILES string of the molecule is CNC(=O)NC(=O)C(C)n1nnc(C(=O)OC)c1COC. The van der Waals surface area contributed by atoms with Crippen LogP contribution in [-0.4, -0.2) is 54.2 Å². The van der Waals surface area contributed by atoms with Crippen molar-refractivity contribution in [1.82, 2.24) is 25.6 Å². The third-order valence-corrected chi connectivity index (χ3v) is 2.66. The average molecular weight is 299 g/mol. The van der Waals surface area contributed by atoms with Gasteiger partial charge in [0, 0.05) is 14.2 Å². The van der Waals surface area contributed by atoms with Crippen LogP contribution in [0.25, 0.3) is 0 Å². The van der Waals surface area contributed by atoms with Crippen molar-refractivity contribution in [3.63, 3.8) is 0 Å². The van der Waals surface area contributed by atoms with Crippen molar-refractivity contribution >= 4 is 17.9 Å². The van der Waals surface area contributed by atoms with Gasteiger partial charge in [0.15, 0.2) is 5.69 Å². The van der Waals surface area contributed by atoms with E-state index in [1.165, 1.54) is 32.9 Å². The molecule has 1 rings (SSSR count). The molecule has 116 valence electrons. The highest BCUT2D eigenvalue weighted by Gasteiger charge is 2.26. The van der Waals surface area contributed by atoms with Gasteiger partial charge >= 0.3 is 12.0 Å². The molecule has 3 amide bonds. The Labute approximate surface area is 120 Å². The number of nitrogens with one attached hydrogen (secondary N) is 2. The van der Waals surface area contributed by atoms with Crippen LogP contribution in [-0.2, 0) is 20.9 Å². The number of hydrogen-bond donors (Lipinski definition) is 2. The van der Waals surface area contributed by atoms with Crippen LogP contribution in [0.5, 0.6) is 0 Å². The summed E-state index contributed by atoms with van der Waals surface area (Å²) in [5.41, 5.74) is 0.239. The number of aromatic nitrogens is 3. The van der Waals surface area contributed by atoms with Gasteiger partial charge in [-0.15, -0.1) is 5.10 Å². The highest BCUT2D eigenvalue weighted by Crippen LogP contribution is 2.14. The molecule has 10 nitrogen and oxygen atoms in total. The van der Waals surface area contributed by atoms with E-state index in [0.717, 1.165) is 0 Å². The molecule has 0 saturated heterocycles. The Morgan fingerprint density at radius 1 is 1.33 bits per heavy atom. The fourth-order valence-corrected chi connectivity index (χ4v) is 1.54. The van der Waals surface area contributed by atoms with Gasteiger partial charge in [-0.1, -0.05) is 5.21 Å². The predicted molar refractivity (Wildman–Crippen MR) is 69.4 cm³/mol. The molecular formula is C11H17N5O5. The molecule has 0 aliphatic heterocycles. The molecule has 1 unspecified atom stereocenters. The van der Waals surface area contributed by atoms with Crippen molar-refractivity contribution in [3.8, 4) is 0 Å². The number of imide groups is 1. The van der Waals surface area contributed by atoms with Gasteiger partial charge in [0.25, 0.3) is 5.91 Å². The predicted octanol–water partition coefficient (Wildman–Crippen LogP) is -0.772. The molecule has 1 atom stereocenters. The molecule has 0 saturated carbocycles. The molecule has 0 fully saturated rings. The summed E-state index contributed by atoms with van der Waals surface area (Å²) in [7, 11) is 4.02. The summed E-state index contributed by atoms with van der Waals surface area (Å²) in [6.45, 7) is 1.52. The third kappa shape index (κ3) is 3.75. The lowest BCUT2D eigenvalue weighted by atomic mass is 10.2. The smallest absolute Gasteiger partial charge is 0.360 e. The minimum atomic E-state index is -0.863. The van der Waals surface area contributed by atoms with Crippen molar-refractivity contribution in [2.24, 2.45) is 0 Å². The maximum absolute atomic E-state index is 11.9. The van der Waals surface area contributed by atoms with E-state index < -0.39 is 23.9 Å². The van der Waals surface area contributed by atoms with Gasteiger partial charge in [0.1, 0.15) is 11.7 Å². The monoisotopic (exact) mass is 299 g/mol. The van der Waals surface area contributed by atoms with Gasteiger partial charge in [-0.3, -0.25) is 10.1 Å². The van der Waals surface area contributed by atoms with Crippen molar-refractivity contribution in [1.29, 1.82) is 0 Å². The van der Waals surface area contributed by atoms with Gasteiger partial charge in [-0.05, 0) is 6.92 Å². The van der Waals surface area contributed by atoms with E-state index in [0.29, 0.717) is 0 Å². The molecule has 2 N–H and O–H groups in total. The Balaban J connectivity index is 3.06. The number of rotatable bonds is 5. The molecule has 1 heterocycles. The molecule has 1 aromatic rings. The first-order chi connectivity index (χ1) is 9.96. The van der Waals surface area contributed by atoms with E-state index >= 15 is 0 Å². The number of carbonyl (C=O) groups is 3. The zero-order valence-corrected chi connectivity index (χ0v) is 12.2. The van der Waals surface area contributed by atoms with Gasteiger partial charge in [0.2, 0.25) is 0 Å². The summed E-state index contributed by atoms with van der Waals surface area (Å²) in [6.07, 6.45) is 0. The molecular weight excluding hydrogens is 282 g/mol. The second-order valence-electron chi connectivity index (χ2n) is 4.00. The Hall–Kier alpha value is -2.49. The van der Waals surface area contributed by atoms with Crippen LogP contribution in [0.15, 0.2) is 0 Å². The Bertz CT molecular complexity index is 541. The maximum Gasteiger partial charge on any atom is 0.360 e. The first-order valence-corrected chi connectivity index (χ1v) is 6.00. The number of esters is 1. The minimum Gasteiger partial charge on any atom is -0.464 e. The summed E-state index contributed by atoms with van der Waals surface area (Å²) in [4.78, 5) is 34.6. The lowest BCUT2D eigenvalue weighted by Crippen LogP contribution is -2.41. The van der Waals surface area contributed by atoms with E-state index in [2.05, 4.69) is 25.7 Å². The molecule has 0 bridgehead atoms. The number of methoxy groups -OCH3 is 2. The van der Waals surface area contributed by atoms with Crippen LogP contribution in [0.4, 0.5) is 4.79 Å². The topological polar surface area (TPSA) is 124 Å². The second-order valence-corrected chi connectivity index (χ2v) is 4.00. The summed E-state index contributed by atoms with van der Waals surface area (Å²) < 4.78 is 10.8. The van der Waals surface area contributed by atoms with Crippen LogP contribution in [0, 0.1) is 0 Å². The van der Waals surface area contributed by atoms with E-state index in [1.807, 2.05) is 0 Å². The Kier molecular flexibility index (Phi) is 5.79. The summed E-state index contributed by atoms with van der Waals surface area (Å²) in [6, 6.07) is -1.51. The molecule has 1 aromatic heterocycles. The number of nitrogens with zero attached hydrogens (tertiary/aromatic N) is 3. The quantitative estimate of drug-likeness (QED) is 0.684. The van der Waals surface area contributed by atoms with E-state index in [4.69, 9.17) is 4.74 Å². The van der Waals surface area contributed by atoms with Crippen molar-refractivity contribution in [2.75, 3.05) is 21.3 Å².